The van der Waals surface area contributed by atoms with E-state index in [-0.39, 0.29) is 0 Å². The van der Waals surface area contributed by atoms with E-state index in [0.29, 0.717) is 5.76 Å². The third-order valence-electron chi connectivity index (χ3n) is 3.53. The van der Waals surface area contributed by atoms with Gasteiger partial charge in [-0.1, -0.05) is 42.5 Å². The summed E-state index contributed by atoms with van der Waals surface area (Å²) in [5.41, 5.74) is 3.05. The maximum absolute atomic E-state index is 11.0. The first kappa shape index (κ1) is 11.7. The maximum Gasteiger partial charge on any atom is 0.185 e. The third kappa shape index (κ3) is 1.76. The molecular weight excluding hydrogens is 236 g/mol. The van der Waals surface area contributed by atoms with Gasteiger partial charge in [-0.15, -0.1) is 0 Å². The number of fused-ring (bicyclic) bond motifs is 1. The number of aryl methyl sites for hydroxylation is 1. The minimum atomic E-state index is 0.417. The van der Waals surface area contributed by atoms with E-state index in [1.54, 1.807) is 0 Å². The molecule has 0 bridgehead atoms. The Morgan fingerprint density at radius 2 is 1.74 bits per heavy atom. The largest absolute Gasteiger partial charge is 0.458 e. The summed E-state index contributed by atoms with van der Waals surface area (Å²) in [5, 5.41) is 2.36. The zero-order valence-electron chi connectivity index (χ0n) is 10.9. The summed E-state index contributed by atoms with van der Waals surface area (Å²) in [5.74, 6) is 1.20. The van der Waals surface area contributed by atoms with E-state index in [4.69, 9.17) is 4.42 Å². The monoisotopic (exact) mass is 250 g/mol. The first-order chi connectivity index (χ1) is 9.22. The molecule has 3 rings (SSSR count). The van der Waals surface area contributed by atoms with E-state index in [9.17, 15) is 4.79 Å². The molecule has 1 heterocycles. The van der Waals surface area contributed by atoms with Crippen LogP contribution in [0.5, 0.6) is 0 Å². The number of rotatable bonds is 2. The molecule has 0 amide bonds. The second-order valence-corrected chi connectivity index (χ2v) is 4.67. The van der Waals surface area contributed by atoms with Crippen molar-refractivity contribution in [1.82, 2.24) is 0 Å². The Bertz CT molecular complexity index is 761. The topological polar surface area (TPSA) is 30.2 Å². The molecule has 0 unspecified atom stereocenters. The van der Waals surface area contributed by atoms with E-state index < -0.39 is 0 Å². The number of hydrogen-bond acceptors (Lipinski definition) is 2. The van der Waals surface area contributed by atoms with Crippen LogP contribution in [0.25, 0.3) is 21.9 Å². The molecule has 3 aromatic rings. The lowest BCUT2D eigenvalue weighted by molar-refractivity contribution is 0.109. The minimum absolute atomic E-state index is 0.417. The van der Waals surface area contributed by atoms with Gasteiger partial charge in [-0.2, -0.15) is 0 Å². The fourth-order valence-electron chi connectivity index (χ4n) is 2.63. The standard InChI is InChI=1S/C17H14O2/c1-11-16(10-18)19-12(2)17(11)15-9-5-7-13-6-3-4-8-14(13)15/h3-10H,1-2H3. The Balaban J connectivity index is 2.37. The average Bonchev–Trinajstić information content (AvgIpc) is 2.73. The van der Waals surface area contributed by atoms with Crippen molar-refractivity contribution in [1.29, 1.82) is 0 Å². The van der Waals surface area contributed by atoms with Crippen molar-refractivity contribution >= 4 is 17.1 Å². The van der Waals surface area contributed by atoms with Crippen LogP contribution in [0.3, 0.4) is 0 Å². The van der Waals surface area contributed by atoms with Crippen LogP contribution in [0.15, 0.2) is 46.9 Å². The molecule has 2 heteroatoms. The van der Waals surface area contributed by atoms with E-state index >= 15 is 0 Å². The summed E-state index contributed by atoms with van der Waals surface area (Å²) in [6.07, 6.45) is 0.775. The van der Waals surface area contributed by atoms with Gasteiger partial charge in [0.1, 0.15) is 5.76 Å². The van der Waals surface area contributed by atoms with Crippen LogP contribution in [0.1, 0.15) is 21.9 Å². The van der Waals surface area contributed by atoms with Gasteiger partial charge in [-0.05, 0) is 30.2 Å². The van der Waals surface area contributed by atoms with Crippen LogP contribution in [-0.4, -0.2) is 6.29 Å². The molecule has 0 aliphatic rings. The smallest absolute Gasteiger partial charge is 0.185 e. The highest BCUT2D eigenvalue weighted by Crippen LogP contribution is 2.35. The second kappa shape index (κ2) is 4.39. The molecule has 2 aromatic carbocycles. The summed E-state index contributed by atoms with van der Waals surface area (Å²) in [7, 11) is 0. The number of aldehydes is 1. The lowest BCUT2D eigenvalue weighted by atomic mass is 9.96. The zero-order chi connectivity index (χ0) is 13.4. The van der Waals surface area contributed by atoms with Crippen LogP contribution in [-0.2, 0) is 0 Å². The number of benzene rings is 2. The highest BCUT2D eigenvalue weighted by molar-refractivity contribution is 5.98. The van der Waals surface area contributed by atoms with Gasteiger partial charge >= 0.3 is 0 Å². The third-order valence-corrected chi connectivity index (χ3v) is 3.53. The van der Waals surface area contributed by atoms with Crippen LogP contribution < -0.4 is 0 Å². The molecule has 1 aromatic heterocycles. The number of hydrogen-bond donors (Lipinski definition) is 0. The second-order valence-electron chi connectivity index (χ2n) is 4.67. The molecule has 0 radical (unpaired) electrons. The van der Waals surface area contributed by atoms with Gasteiger partial charge in [0.15, 0.2) is 12.0 Å². The first-order valence-electron chi connectivity index (χ1n) is 6.25. The van der Waals surface area contributed by atoms with Crippen LogP contribution in [0, 0.1) is 13.8 Å². The fourth-order valence-corrected chi connectivity index (χ4v) is 2.63. The molecule has 0 fully saturated rings. The van der Waals surface area contributed by atoms with Crippen molar-refractivity contribution in [2.75, 3.05) is 0 Å². The van der Waals surface area contributed by atoms with Gasteiger partial charge in [0.05, 0.1) is 0 Å². The molecule has 0 spiro atoms. The van der Waals surface area contributed by atoms with Gasteiger partial charge in [0.25, 0.3) is 0 Å². The Labute approximate surface area is 111 Å². The van der Waals surface area contributed by atoms with Crippen molar-refractivity contribution in [3.8, 4) is 11.1 Å². The SMILES string of the molecule is Cc1oc(C=O)c(C)c1-c1cccc2ccccc12. The van der Waals surface area contributed by atoms with Gasteiger partial charge in [-0.3, -0.25) is 4.79 Å². The molecule has 0 saturated heterocycles. The molecular formula is C17H14O2. The molecule has 94 valence electrons. The Morgan fingerprint density at radius 3 is 2.47 bits per heavy atom. The Morgan fingerprint density at radius 1 is 1.00 bits per heavy atom. The summed E-state index contributed by atoms with van der Waals surface area (Å²) < 4.78 is 5.53. The first-order valence-corrected chi connectivity index (χ1v) is 6.25. The summed E-state index contributed by atoms with van der Waals surface area (Å²) in [6.45, 7) is 3.83. The highest BCUT2D eigenvalue weighted by Gasteiger charge is 2.16. The predicted molar refractivity (Wildman–Crippen MR) is 76.5 cm³/mol. The molecule has 0 aliphatic carbocycles. The number of furan rings is 1. The lowest BCUT2D eigenvalue weighted by Gasteiger charge is -2.06. The Hall–Kier alpha value is -2.35. The highest BCUT2D eigenvalue weighted by atomic mass is 16.3. The van der Waals surface area contributed by atoms with Crippen molar-refractivity contribution in [3.63, 3.8) is 0 Å². The van der Waals surface area contributed by atoms with E-state index in [2.05, 4.69) is 24.3 Å². The van der Waals surface area contributed by atoms with E-state index in [1.807, 2.05) is 32.0 Å². The minimum Gasteiger partial charge on any atom is -0.458 e. The van der Waals surface area contributed by atoms with Crippen LogP contribution in [0.2, 0.25) is 0 Å². The average molecular weight is 250 g/mol. The van der Waals surface area contributed by atoms with Gasteiger partial charge in [0.2, 0.25) is 0 Å². The normalized spacial score (nSPS) is 10.8. The summed E-state index contributed by atoms with van der Waals surface area (Å²) >= 11 is 0. The molecule has 0 aliphatic heterocycles. The van der Waals surface area contributed by atoms with E-state index in [0.717, 1.165) is 28.7 Å². The number of carbonyl (C=O) groups excluding carboxylic acids is 1. The van der Waals surface area contributed by atoms with Crippen molar-refractivity contribution in [2.24, 2.45) is 0 Å². The van der Waals surface area contributed by atoms with Crippen LogP contribution >= 0.6 is 0 Å². The summed E-state index contributed by atoms with van der Waals surface area (Å²) in [6, 6.07) is 14.4. The van der Waals surface area contributed by atoms with Crippen molar-refractivity contribution < 1.29 is 9.21 Å². The zero-order valence-corrected chi connectivity index (χ0v) is 10.9. The van der Waals surface area contributed by atoms with Gasteiger partial charge in [0, 0.05) is 11.1 Å². The molecule has 0 N–H and O–H groups in total. The molecule has 2 nitrogen and oxygen atoms in total. The summed E-state index contributed by atoms with van der Waals surface area (Å²) in [4.78, 5) is 11.0. The molecule has 0 saturated carbocycles. The fraction of sp³-hybridized carbons (Fsp3) is 0.118. The van der Waals surface area contributed by atoms with Crippen molar-refractivity contribution in [2.45, 2.75) is 13.8 Å². The van der Waals surface area contributed by atoms with Crippen molar-refractivity contribution in [3.05, 3.63) is 59.5 Å². The van der Waals surface area contributed by atoms with E-state index in [1.165, 1.54) is 10.8 Å². The van der Waals surface area contributed by atoms with Crippen LogP contribution in [0.4, 0.5) is 0 Å². The lowest BCUT2D eigenvalue weighted by Crippen LogP contribution is -1.85. The number of carbonyl (C=O) groups is 1. The Kier molecular flexibility index (Phi) is 2.71. The van der Waals surface area contributed by atoms with Gasteiger partial charge in [-0.25, -0.2) is 0 Å². The maximum atomic E-state index is 11.0. The quantitative estimate of drug-likeness (QED) is 0.625. The predicted octanol–water partition coefficient (Wildman–Crippen LogP) is 4.53. The molecule has 0 atom stereocenters. The van der Waals surface area contributed by atoms with Gasteiger partial charge < -0.3 is 4.42 Å². The molecule has 19 heavy (non-hydrogen) atoms.